The third-order valence-corrected chi connectivity index (χ3v) is 13.4. The van der Waals surface area contributed by atoms with Gasteiger partial charge in [0.15, 0.2) is 17.5 Å². The number of hydrogen-bond donors (Lipinski definition) is 3. The summed E-state index contributed by atoms with van der Waals surface area (Å²) in [6.45, 7) is 13.0. The zero-order chi connectivity index (χ0) is 44.9. The molecule has 1 amide bonds. The predicted octanol–water partition coefficient (Wildman–Crippen LogP) is 4.96. The standard InChI is InChI=1S/C46H59NO14/c1-25-29(58-40(52)36(49)35(27-17-13-11-14-18-27)47-41(53)61-42(3,4)5)23-46(54)33(59-39(51)28-19-15-12-16-20-28)21-30-44(8,38(50)37(56-10)34(25)43(46,6)7)31(55-9)22-32-45(30,24-57-32)60-26(2)48/h11-20,29-33,35-37,49,54H,21-24H2,1-10H3,(H,47,53)/t29-,30-,31-,32+,33-,35-,36+,37+,44-,45+,46+/m0/s1. The molecule has 1 aliphatic heterocycles. The molecule has 332 valence electrons. The number of esters is 3. The molecule has 6 rings (SSSR count). The van der Waals surface area contributed by atoms with Crippen LogP contribution in [-0.4, -0.2) is 114 Å². The predicted molar refractivity (Wildman–Crippen MR) is 218 cm³/mol. The van der Waals surface area contributed by atoms with E-state index in [1.165, 1.54) is 21.1 Å². The van der Waals surface area contributed by atoms with Crippen LogP contribution in [0, 0.1) is 16.7 Å². The van der Waals surface area contributed by atoms with E-state index < -0.39 is 106 Å². The first-order valence-electron chi connectivity index (χ1n) is 20.6. The maximum absolute atomic E-state index is 15.6. The summed E-state index contributed by atoms with van der Waals surface area (Å²) in [7, 11) is 2.83. The number of rotatable bonds is 10. The van der Waals surface area contributed by atoms with Crippen LogP contribution in [0.3, 0.4) is 0 Å². The molecular weight excluding hydrogens is 790 g/mol. The summed E-state index contributed by atoms with van der Waals surface area (Å²) in [5, 5.41) is 27.8. The molecule has 4 aliphatic rings. The van der Waals surface area contributed by atoms with Crippen molar-refractivity contribution in [2.45, 2.75) is 134 Å². The second kappa shape index (κ2) is 16.9. The topological polar surface area (TPSA) is 202 Å². The van der Waals surface area contributed by atoms with Gasteiger partial charge >= 0.3 is 24.0 Å². The van der Waals surface area contributed by atoms with Crippen LogP contribution in [0.5, 0.6) is 0 Å². The molecule has 11 atom stereocenters. The lowest BCUT2D eigenvalue weighted by Gasteiger charge is -2.63. The number of hydrogen-bond acceptors (Lipinski definition) is 14. The highest BCUT2D eigenvalue weighted by Crippen LogP contribution is 2.62. The molecule has 2 aromatic rings. The van der Waals surface area contributed by atoms with Gasteiger partial charge in [0.05, 0.1) is 29.7 Å². The van der Waals surface area contributed by atoms with Crippen LogP contribution in [-0.2, 0) is 47.5 Å². The number of amides is 1. The smallest absolute Gasteiger partial charge is 0.408 e. The number of methoxy groups -OCH3 is 2. The summed E-state index contributed by atoms with van der Waals surface area (Å²) in [5.74, 6) is -3.97. The summed E-state index contributed by atoms with van der Waals surface area (Å²) < 4.78 is 42.3. The maximum Gasteiger partial charge on any atom is 0.408 e. The second-order valence-electron chi connectivity index (χ2n) is 18.4. The minimum absolute atomic E-state index is 0.0696. The van der Waals surface area contributed by atoms with Crippen molar-refractivity contribution >= 4 is 29.8 Å². The van der Waals surface area contributed by atoms with Crippen LogP contribution in [0.4, 0.5) is 4.79 Å². The van der Waals surface area contributed by atoms with Crippen molar-refractivity contribution in [2.75, 3.05) is 20.8 Å². The number of ether oxygens (including phenoxy) is 7. The molecule has 0 spiro atoms. The number of ketones is 1. The van der Waals surface area contributed by atoms with Gasteiger partial charge < -0.3 is 48.7 Å². The van der Waals surface area contributed by atoms with Crippen LogP contribution in [0.25, 0.3) is 0 Å². The summed E-state index contributed by atoms with van der Waals surface area (Å²) in [6, 6.07) is 15.2. The molecule has 1 heterocycles. The largest absolute Gasteiger partial charge is 0.456 e. The molecule has 3 aliphatic carbocycles. The van der Waals surface area contributed by atoms with Crippen LogP contribution in [0.2, 0.25) is 0 Å². The molecular formula is C46H59NO14. The van der Waals surface area contributed by atoms with Crippen molar-refractivity contribution in [3.05, 3.63) is 82.9 Å². The first-order valence-corrected chi connectivity index (χ1v) is 20.6. The third kappa shape index (κ3) is 8.11. The van der Waals surface area contributed by atoms with E-state index in [1.807, 2.05) is 0 Å². The van der Waals surface area contributed by atoms with E-state index in [1.54, 1.807) is 109 Å². The highest BCUT2D eigenvalue weighted by atomic mass is 16.6. The van der Waals surface area contributed by atoms with Gasteiger partial charge in [-0.2, -0.15) is 0 Å². The quantitative estimate of drug-likeness (QED) is 0.165. The van der Waals surface area contributed by atoms with Crippen LogP contribution in [0.1, 0.15) is 96.6 Å². The molecule has 3 fully saturated rings. The highest BCUT2D eigenvalue weighted by molar-refractivity contribution is 5.94. The van der Waals surface area contributed by atoms with E-state index >= 15 is 4.79 Å². The molecule has 3 N–H and O–H groups in total. The average molecular weight is 850 g/mol. The number of Topliss-reactive ketones (excluding diaryl/α,β-unsaturated/α-hetero) is 1. The molecule has 2 bridgehead atoms. The number of carbonyl (C=O) groups is 5. The van der Waals surface area contributed by atoms with Crippen molar-refractivity contribution in [1.82, 2.24) is 5.32 Å². The Morgan fingerprint density at radius 1 is 0.902 bits per heavy atom. The Morgan fingerprint density at radius 2 is 1.52 bits per heavy atom. The second-order valence-corrected chi connectivity index (χ2v) is 18.4. The summed E-state index contributed by atoms with van der Waals surface area (Å²) in [5.41, 5.74) is -6.16. The van der Waals surface area contributed by atoms with Crippen LogP contribution in [0.15, 0.2) is 71.8 Å². The van der Waals surface area contributed by atoms with Crippen molar-refractivity contribution in [3.63, 3.8) is 0 Å². The number of fused-ring (bicyclic) bond motifs is 5. The Balaban J connectivity index is 1.50. The first kappa shape index (κ1) is 45.8. The Kier molecular flexibility index (Phi) is 12.7. The normalized spacial score (nSPS) is 32.8. The summed E-state index contributed by atoms with van der Waals surface area (Å²) in [4.78, 5) is 69.9. The lowest BCUT2D eigenvalue weighted by Crippen LogP contribution is -2.76. The van der Waals surface area contributed by atoms with E-state index in [2.05, 4.69) is 5.32 Å². The highest BCUT2D eigenvalue weighted by Gasteiger charge is 2.73. The molecule has 0 unspecified atom stereocenters. The van der Waals surface area contributed by atoms with Gasteiger partial charge in [-0.1, -0.05) is 62.4 Å². The number of alkyl carbamates (subject to hydrolysis) is 1. The Bertz CT molecular complexity index is 2030. The third-order valence-electron chi connectivity index (χ3n) is 13.4. The molecule has 61 heavy (non-hydrogen) atoms. The molecule has 1 saturated heterocycles. The fourth-order valence-electron chi connectivity index (χ4n) is 10.2. The Hall–Kier alpha value is -4.67. The average Bonchev–Trinajstić information content (AvgIpc) is 3.20. The monoisotopic (exact) mass is 849 g/mol. The van der Waals surface area contributed by atoms with E-state index in [4.69, 9.17) is 33.2 Å². The lowest BCUT2D eigenvalue weighted by atomic mass is 9.52. The van der Waals surface area contributed by atoms with Crippen molar-refractivity contribution in [2.24, 2.45) is 16.7 Å². The van der Waals surface area contributed by atoms with Crippen molar-refractivity contribution < 1.29 is 67.3 Å². The van der Waals surface area contributed by atoms with Gasteiger partial charge in [0.1, 0.15) is 35.6 Å². The number of carbonyl (C=O) groups excluding carboxylic acids is 5. The SMILES string of the molecule is CO[C@H]1C(=O)[C@]2(C)[C@@H](OC)C[C@H]3OC[C@@]3(OC(C)=O)[C@H]2C[C@H](OC(=O)c2ccccc2)[C@]2(O)C[C@H](OC(=O)[C@H](O)[C@@H](NC(=O)OC(C)(C)C)c3ccccc3)C(C)=C1C2(C)C. The minimum atomic E-state index is -2.13. The summed E-state index contributed by atoms with van der Waals surface area (Å²) >= 11 is 0. The van der Waals surface area contributed by atoms with E-state index in [-0.39, 0.29) is 37.0 Å². The number of benzene rings is 2. The fraction of sp³-hybridized carbons (Fsp3) is 0.587. The van der Waals surface area contributed by atoms with Crippen LogP contribution >= 0.6 is 0 Å². The number of aliphatic hydroxyl groups excluding tert-OH is 1. The number of nitrogens with one attached hydrogen (secondary N) is 1. The lowest BCUT2D eigenvalue weighted by molar-refractivity contribution is -0.324. The van der Waals surface area contributed by atoms with Gasteiger partial charge in [0.2, 0.25) is 0 Å². The minimum Gasteiger partial charge on any atom is -0.456 e. The Morgan fingerprint density at radius 3 is 2.07 bits per heavy atom. The van der Waals surface area contributed by atoms with Gasteiger partial charge in [-0.25, -0.2) is 14.4 Å². The molecule has 0 aromatic heterocycles. The van der Waals surface area contributed by atoms with Gasteiger partial charge in [-0.15, -0.1) is 0 Å². The molecule has 15 nitrogen and oxygen atoms in total. The molecule has 2 aromatic carbocycles. The van der Waals surface area contributed by atoms with E-state index in [0.29, 0.717) is 11.1 Å². The van der Waals surface area contributed by atoms with Gasteiger partial charge in [0.25, 0.3) is 0 Å². The Labute approximate surface area is 356 Å². The zero-order valence-electron chi connectivity index (χ0n) is 36.5. The summed E-state index contributed by atoms with van der Waals surface area (Å²) in [6.07, 6.45) is -8.97. The molecule has 0 radical (unpaired) electrons. The van der Waals surface area contributed by atoms with E-state index in [9.17, 15) is 29.4 Å². The maximum atomic E-state index is 15.6. The van der Waals surface area contributed by atoms with E-state index in [0.717, 1.165) is 0 Å². The fourth-order valence-corrected chi connectivity index (χ4v) is 10.2. The first-order chi connectivity index (χ1) is 28.5. The number of aliphatic hydroxyl groups is 2. The van der Waals surface area contributed by atoms with Gasteiger partial charge in [-0.3, -0.25) is 9.59 Å². The van der Waals surface area contributed by atoms with Crippen molar-refractivity contribution in [3.8, 4) is 0 Å². The van der Waals surface area contributed by atoms with Gasteiger partial charge in [-0.05, 0) is 69.9 Å². The van der Waals surface area contributed by atoms with Gasteiger partial charge in [0, 0.05) is 45.3 Å². The molecule has 2 saturated carbocycles. The zero-order valence-corrected chi connectivity index (χ0v) is 36.5. The van der Waals surface area contributed by atoms with Crippen molar-refractivity contribution in [1.29, 1.82) is 0 Å². The molecule has 15 heteroatoms. The van der Waals surface area contributed by atoms with Crippen LogP contribution < -0.4 is 5.32 Å².